The summed E-state index contributed by atoms with van der Waals surface area (Å²) in [6.07, 6.45) is 2.59. The van der Waals surface area contributed by atoms with Gasteiger partial charge in [0.1, 0.15) is 0 Å². The van der Waals surface area contributed by atoms with E-state index in [1.54, 1.807) is 0 Å². The van der Waals surface area contributed by atoms with Crippen molar-refractivity contribution in [1.29, 1.82) is 0 Å². The van der Waals surface area contributed by atoms with Crippen molar-refractivity contribution in [3.8, 4) is 0 Å². The smallest absolute Gasteiger partial charge is 0.0124 e. The lowest BCUT2D eigenvalue weighted by Crippen LogP contribution is -2.31. The normalized spacial score (nSPS) is 27.2. The minimum atomic E-state index is 0.571. The van der Waals surface area contributed by atoms with Gasteiger partial charge in [-0.3, -0.25) is 0 Å². The van der Waals surface area contributed by atoms with Crippen molar-refractivity contribution in [2.75, 3.05) is 13.1 Å². The molecule has 0 aliphatic heterocycles. The second kappa shape index (κ2) is 4.43. The van der Waals surface area contributed by atoms with Crippen LogP contribution in [-0.4, -0.2) is 25.2 Å². The van der Waals surface area contributed by atoms with Crippen LogP contribution < -0.4 is 10.6 Å². The highest BCUT2D eigenvalue weighted by Crippen LogP contribution is 2.44. The van der Waals surface area contributed by atoms with Gasteiger partial charge in [-0.2, -0.15) is 0 Å². The molecular weight excluding hydrogens is 160 g/mol. The van der Waals surface area contributed by atoms with Gasteiger partial charge in [0.05, 0.1) is 0 Å². The van der Waals surface area contributed by atoms with Crippen molar-refractivity contribution in [2.24, 2.45) is 5.41 Å². The predicted octanol–water partition coefficient (Wildman–Crippen LogP) is 1.76. The van der Waals surface area contributed by atoms with Gasteiger partial charge in [-0.05, 0) is 38.3 Å². The summed E-state index contributed by atoms with van der Waals surface area (Å²) in [6.45, 7) is 11.3. The van der Waals surface area contributed by atoms with Crippen LogP contribution in [0.5, 0.6) is 0 Å². The van der Waals surface area contributed by atoms with Crippen molar-refractivity contribution in [3.63, 3.8) is 0 Å². The molecule has 0 bridgehead atoms. The van der Waals surface area contributed by atoms with Crippen LogP contribution in [-0.2, 0) is 0 Å². The third-order valence-electron chi connectivity index (χ3n) is 3.03. The highest BCUT2D eigenvalue weighted by molar-refractivity contribution is 5.01. The number of rotatable bonds is 6. The van der Waals surface area contributed by atoms with Crippen molar-refractivity contribution in [3.05, 3.63) is 0 Å². The second-order valence-electron chi connectivity index (χ2n) is 4.95. The standard InChI is InChI=1S/C11H24N2/c1-5-12-9(2)6-7-13-10-8-11(10,3)4/h9-10,12-13H,5-8H2,1-4H3. The molecule has 2 N–H and O–H groups in total. The molecule has 1 aliphatic rings. The number of nitrogens with one attached hydrogen (secondary N) is 2. The van der Waals surface area contributed by atoms with Gasteiger partial charge in [-0.15, -0.1) is 0 Å². The first-order chi connectivity index (χ1) is 6.06. The summed E-state index contributed by atoms with van der Waals surface area (Å²) in [5.74, 6) is 0. The van der Waals surface area contributed by atoms with Gasteiger partial charge in [0.2, 0.25) is 0 Å². The Kier molecular flexibility index (Phi) is 3.74. The summed E-state index contributed by atoms with van der Waals surface area (Å²) in [5.41, 5.74) is 0.571. The largest absolute Gasteiger partial charge is 0.314 e. The quantitative estimate of drug-likeness (QED) is 0.657. The summed E-state index contributed by atoms with van der Waals surface area (Å²) in [4.78, 5) is 0. The molecule has 1 fully saturated rings. The average molecular weight is 184 g/mol. The van der Waals surface area contributed by atoms with Crippen LogP contribution in [0.4, 0.5) is 0 Å². The summed E-state index contributed by atoms with van der Waals surface area (Å²) >= 11 is 0. The van der Waals surface area contributed by atoms with Crippen LogP contribution in [0.1, 0.15) is 40.5 Å². The summed E-state index contributed by atoms with van der Waals surface area (Å²) in [7, 11) is 0. The molecule has 0 spiro atoms. The van der Waals surface area contributed by atoms with E-state index in [1.165, 1.54) is 12.8 Å². The van der Waals surface area contributed by atoms with E-state index in [4.69, 9.17) is 0 Å². The fourth-order valence-corrected chi connectivity index (χ4v) is 1.74. The Morgan fingerprint density at radius 3 is 2.54 bits per heavy atom. The predicted molar refractivity (Wildman–Crippen MR) is 57.9 cm³/mol. The Morgan fingerprint density at radius 1 is 1.46 bits per heavy atom. The van der Waals surface area contributed by atoms with Gasteiger partial charge < -0.3 is 10.6 Å². The van der Waals surface area contributed by atoms with Crippen LogP contribution >= 0.6 is 0 Å². The van der Waals surface area contributed by atoms with E-state index >= 15 is 0 Å². The molecule has 13 heavy (non-hydrogen) atoms. The lowest BCUT2D eigenvalue weighted by atomic mass is 10.2. The van der Waals surface area contributed by atoms with E-state index in [-0.39, 0.29) is 0 Å². The second-order valence-corrected chi connectivity index (χ2v) is 4.95. The first-order valence-electron chi connectivity index (χ1n) is 5.53. The van der Waals surface area contributed by atoms with Crippen molar-refractivity contribution < 1.29 is 0 Å². The molecule has 0 radical (unpaired) electrons. The van der Waals surface area contributed by atoms with Crippen molar-refractivity contribution >= 4 is 0 Å². The van der Waals surface area contributed by atoms with Crippen LogP contribution in [0.25, 0.3) is 0 Å². The maximum atomic E-state index is 3.60. The molecule has 0 aromatic carbocycles. The summed E-state index contributed by atoms with van der Waals surface area (Å²) < 4.78 is 0. The molecular formula is C11H24N2. The van der Waals surface area contributed by atoms with Crippen LogP contribution in [0, 0.1) is 5.41 Å². The SMILES string of the molecule is CCNC(C)CCNC1CC1(C)C. The zero-order chi connectivity index (χ0) is 9.90. The van der Waals surface area contributed by atoms with Crippen LogP contribution in [0.3, 0.4) is 0 Å². The van der Waals surface area contributed by atoms with Crippen molar-refractivity contribution in [2.45, 2.75) is 52.6 Å². The van der Waals surface area contributed by atoms with E-state index in [0.717, 1.165) is 19.1 Å². The molecule has 2 heteroatoms. The third-order valence-corrected chi connectivity index (χ3v) is 3.03. The fourth-order valence-electron chi connectivity index (χ4n) is 1.74. The topological polar surface area (TPSA) is 24.1 Å². The Bertz CT molecular complexity index is 154. The fraction of sp³-hybridized carbons (Fsp3) is 1.00. The van der Waals surface area contributed by atoms with Gasteiger partial charge in [0.15, 0.2) is 0 Å². The highest BCUT2D eigenvalue weighted by atomic mass is 15.0. The Balaban J connectivity index is 1.96. The number of hydrogen-bond acceptors (Lipinski definition) is 2. The molecule has 78 valence electrons. The minimum Gasteiger partial charge on any atom is -0.314 e. The van der Waals surface area contributed by atoms with E-state index in [1.807, 2.05) is 0 Å². The van der Waals surface area contributed by atoms with Gasteiger partial charge >= 0.3 is 0 Å². The summed E-state index contributed by atoms with van der Waals surface area (Å²) in [5, 5.41) is 7.02. The Labute approximate surface area is 82.5 Å². The molecule has 0 saturated heterocycles. The molecule has 0 aromatic rings. The molecule has 2 nitrogen and oxygen atoms in total. The van der Waals surface area contributed by atoms with E-state index in [9.17, 15) is 0 Å². The molecule has 1 saturated carbocycles. The molecule has 1 aliphatic carbocycles. The van der Waals surface area contributed by atoms with Crippen LogP contribution in [0.2, 0.25) is 0 Å². The van der Waals surface area contributed by atoms with Gasteiger partial charge in [0, 0.05) is 12.1 Å². The highest BCUT2D eigenvalue weighted by Gasteiger charge is 2.44. The van der Waals surface area contributed by atoms with Crippen molar-refractivity contribution in [1.82, 2.24) is 10.6 Å². The van der Waals surface area contributed by atoms with Gasteiger partial charge in [-0.1, -0.05) is 20.8 Å². The lowest BCUT2D eigenvalue weighted by Gasteiger charge is -2.13. The molecule has 0 aromatic heterocycles. The first-order valence-corrected chi connectivity index (χ1v) is 5.53. The monoisotopic (exact) mass is 184 g/mol. The lowest BCUT2D eigenvalue weighted by molar-refractivity contribution is 0.479. The third kappa shape index (κ3) is 3.65. The zero-order valence-electron chi connectivity index (χ0n) is 9.48. The number of hydrogen-bond donors (Lipinski definition) is 2. The Hall–Kier alpha value is -0.0800. The van der Waals surface area contributed by atoms with Gasteiger partial charge in [0.25, 0.3) is 0 Å². The zero-order valence-corrected chi connectivity index (χ0v) is 9.48. The first kappa shape index (κ1) is 11.0. The van der Waals surface area contributed by atoms with E-state index in [0.29, 0.717) is 11.5 Å². The van der Waals surface area contributed by atoms with Crippen LogP contribution in [0.15, 0.2) is 0 Å². The molecule has 2 unspecified atom stereocenters. The molecule has 0 amide bonds. The van der Waals surface area contributed by atoms with E-state index in [2.05, 4.69) is 38.3 Å². The van der Waals surface area contributed by atoms with Gasteiger partial charge in [-0.25, -0.2) is 0 Å². The average Bonchev–Trinajstić information content (AvgIpc) is 2.59. The molecule has 2 atom stereocenters. The molecule has 0 heterocycles. The maximum Gasteiger partial charge on any atom is 0.0124 e. The Morgan fingerprint density at radius 2 is 2.08 bits per heavy atom. The maximum absolute atomic E-state index is 3.60. The summed E-state index contributed by atoms with van der Waals surface area (Å²) in [6, 6.07) is 1.43. The van der Waals surface area contributed by atoms with E-state index < -0.39 is 0 Å². The minimum absolute atomic E-state index is 0.571. The molecule has 1 rings (SSSR count).